The maximum Gasteiger partial charge on any atom is 0.340 e. The van der Waals surface area contributed by atoms with Gasteiger partial charge in [0.2, 0.25) is 0 Å². The largest absolute Gasteiger partial charge is 0.462 e. The van der Waals surface area contributed by atoms with Gasteiger partial charge in [-0.2, -0.15) is 0 Å². The van der Waals surface area contributed by atoms with Gasteiger partial charge < -0.3 is 9.14 Å². The van der Waals surface area contributed by atoms with E-state index in [1.54, 1.807) is 29.3 Å². The van der Waals surface area contributed by atoms with Crippen molar-refractivity contribution in [3.8, 4) is 11.1 Å². The number of aryl methyl sites for hydroxylation is 1. The van der Waals surface area contributed by atoms with Crippen molar-refractivity contribution in [2.24, 2.45) is 0 Å². The molecule has 3 aromatic rings. The summed E-state index contributed by atoms with van der Waals surface area (Å²) in [6, 6.07) is 11.7. The zero-order valence-corrected chi connectivity index (χ0v) is 15.9. The molecule has 26 heavy (non-hydrogen) atoms. The summed E-state index contributed by atoms with van der Waals surface area (Å²) in [4.78, 5) is 25.8. The van der Waals surface area contributed by atoms with E-state index in [4.69, 9.17) is 4.74 Å². The summed E-state index contributed by atoms with van der Waals surface area (Å²) in [5, 5.41) is 0. The summed E-state index contributed by atoms with van der Waals surface area (Å²) in [6.07, 6.45) is 2.61. The third-order valence-corrected chi connectivity index (χ3v) is 5.13. The monoisotopic (exact) mass is 367 g/mol. The molecular formula is C21H21NO3S. The number of rotatable bonds is 6. The first-order chi connectivity index (χ1) is 12.6. The Balaban J connectivity index is 2.42. The second-order valence-corrected chi connectivity index (χ2v) is 7.17. The van der Waals surface area contributed by atoms with Gasteiger partial charge in [0.25, 0.3) is 0 Å². The predicted octanol–water partition coefficient (Wildman–Crippen LogP) is 5.02. The number of aldehydes is 1. The third kappa shape index (κ3) is 3.15. The molecule has 0 bridgehead atoms. The number of ether oxygens (including phenoxy) is 1. The summed E-state index contributed by atoms with van der Waals surface area (Å²) in [5.74, 6) is 0.488. The Morgan fingerprint density at radius 2 is 2.04 bits per heavy atom. The van der Waals surface area contributed by atoms with Crippen molar-refractivity contribution >= 4 is 29.5 Å². The maximum absolute atomic E-state index is 12.8. The van der Waals surface area contributed by atoms with E-state index in [1.807, 2.05) is 43.3 Å². The Hall–Kier alpha value is -2.53. The first kappa shape index (κ1) is 18.3. The number of hydrogen-bond donors (Lipinski definition) is 0. The molecule has 0 aliphatic rings. The topological polar surface area (TPSA) is 47.8 Å². The first-order valence-corrected chi connectivity index (χ1v) is 9.60. The van der Waals surface area contributed by atoms with E-state index in [-0.39, 0.29) is 6.61 Å². The number of esters is 1. The highest BCUT2D eigenvalue weighted by atomic mass is 32.2. The van der Waals surface area contributed by atoms with E-state index in [1.165, 1.54) is 0 Å². The molecule has 0 unspecified atom stereocenters. The van der Waals surface area contributed by atoms with Crippen LogP contribution in [0.25, 0.3) is 16.6 Å². The van der Waals surface area contributed by atoms with Gasteiger partial charge in [-0.3, -0.25) is 4.79 Å². The summed E-state index contributed by atoms with van der Waals surface area (Å²) in [6.45, 7) is 6.15. The van der Waals surface area contributed by atoms with E-state index in [0.717, 1.165) is 28.1 Å². The van der Waals surface area contributed by atoms with Gasteiger partial charge in [-0.25, -0.2) is 4.79 Å². The molecule has 1 aromatic carbocycles. The summed E-state index contributed by atoms with van der Waals surface area (Å²) >= 11 is 1.69. The maximum atomic E-state index is 12.8. The van der Waals surface area contributed by atoms with Gasteiger partial charge in [0, 0.05) is 16.7 Å². The van der Waals surface area contributed by atoms with E-state index < -0.39 is 5.97 Å². The average Bonchev–Trinajstić information content (AvgIpc) is 2.97. The lowest BCUT2D eigenvalue weighted by Gasteiger charge is -2.11. The highest BCUT2D eigenvalue weighted by molar-refractivity contribution is 7.99. The average molecular weight is 367 g/mol. The Morgan fingerprint density at radius 1 is 1.23 bits per heavy atom. The van der Waals surface area contributed by atoms with Crippen LogP contribution in [0.3, 0.4) is 0 Å². The first-order valence-electron chi connectivity index (χ1n) is 8.61. The molecule has 134 valence electrons. The van der Waals surface area contributed by atoms with Crippen molar-refractivity contribution in [1.82, 2.24) is 4.40 Å². The van der Waals surface area contributed by atoms with Crippen molar-refractivity contribution in [3.63, 3.8) is 0 Å². The number of hydrogen-bond acceptors (Lipinski definition) is 4. The summed E-state index contributed by atoms with van der Waals surface area (Å²) in [7, 11) is 0. The zero-order valence-electron chi connectivity index (χ0n) is 15.1. The highest BCUT2D eigenvalue weighted by Crippen LogP contribution is 2.39. The van der Waals surface area contributed by atoms with E-state index in [9.17, 15) is 9.59 Å². The van der Waals surface area contributed by atoms with Crippen LogP contribution < -0.4 is 0 Å². The quantitative estimate of drug-likeness (QED) is 0.349. The minimum absolute atomic E-state index is 0.281. The molecule has 0 amide bonds. The van der Waals surface area contributed by atoms with Crippen molar-refractivity contribution in [2.75, 3.05) is 12.4 Å². The van der Waals surface area contributed by atoms with Gasteiger partial charge in [0.05, 0.1) is 23.4 Å². The predicted molar refractivity (Wildman–Crippen MR) is 105 cm³/mol. The molecule has 4 nitrogen and oxygen atoms in total. The second-order valence-electron chi connectivity index (χ2n) is 5.86. The second kappa shape index (κ2) is 7.79. The van der Waals surface area contributed by atoms with E-state index in [2.05, 4.69) is 6.92 Å². The van der Waals surface area contributed by atoms with Crippen molar-refractivity contribution in [2.45, 2.75) is 25.7 Å². The standard InChI is InChI=1S/C21H21NO3S/c1-4-25-21(24)20-16-8-6-7-11-22(16)17(13-23)19(20)15-12-14(3)9-10-18(15)26-5-2/h6-13H,4-5H2,1-3H3. The Bertz CT molecular complexity index is 975. The summed E-state index contributed by atoms with van der Waals surface area (Å²) in [5.41, 5.74) is 4.19. The molecule has 0 spiro atoms. The Kier molecular flexibility index (Phi) is 5.47. The van der Waals surface area contributed by atoms with Crippen LogP contribution in [0, 0.1) is 6.92 Å². The molecule has 2 heterocycles. The lowest BCUT2D eigenvalue weighted by atomic mass is 9.99. The Morgan fingerprint density at radius 3 is 2.73 bits per heavy atom. The molecule has 5 heteroatoms. The van der Waals surface area contributed by atoms with Crippen LogP contribution in [0.2, 0.25) is 0 Å². The molecule has 2 aromatic heterocycles. The Labute approximate surface area is 157 Å². The van der Waals surface area contributed by atoms with Crippen molar-refractivity contribution in [1.29, 1.82) is 0 Å². The molecule has 0 aliphatic heterocycles. The molecule has 0 fully saturated rings. The molecule has 0 aliphatic carbocycles. The van der Waals surface area contributed by atoms with E-state index >= 15 is 0 Å². The fourth-order valence-electron chi connectivity index (χ4n) is 3.15. The number of carbonyl (C=O) groups is 2. The van der Waals surface area contributed by atoms with Crippen molar-refractivity contribution < 1.29 is 14.3 Å². The zero-order chi connectivity index (χ0) is 18.7. The highest BCUT2D eigenvalue weighted by Gasteiger charge is 2.26. The van der Waals surface area contributed by atoms with Gasteiger partial charge in [-0.1, -0.05) is 30.7 Å². The molecule has 0 atom stereocenters. The smallest absolute Gasteiger partial charge is 0.340 e. The van der Waals surface area contributed by atoms with Crippen LogP contribution in [-0.4, -0.2) is 29.0 Å². The number of benzene rings is 1. The number of fused-ring (bicyclic) bond motifs is 1. The van der Waals surface area contributed by atoms with Crippen LogP contribution in [-0.2, 0) is 4.74 Å². The van der Waals surface area contributed by atoms with Gasteiger partial charge in [-0.05, 0) is 43.4 Å². The van der Waals surface area contributed by atoms with Crippen LogP contribution in [0.1, 0.15) is 40.3 Å². The van der Waals surface area contributed by atoms with E-state index in [0.29, 0.717) is 22.3 Å². The number of thioether (sulfide) groups is 1. The molecule has 0 radical (unpaired) electrons. The minimum atomic E-state index is -0.409. The lowest BCUT2D eigenvalue weighted by Crippen LogP contribution is -2.06. The summed E-state index contributed by atoms with van der Waals surface area (Å²) < 4.78 is 7.07. The van der Waals surface area contributed by atoms with Crippen LogP contribution in [0.4, 0.5) is 0 Å². The van der Waals surface area contributed by atoms with Crippen LogP contribution in [0.5, 0.6) is 0 Å². The minimum Gasteiger partial charge on any atom is -0.462 e. The normalized spacial score (nSPS) is 10.9. The molecular weight excluding hydrogens is 346 g/mol. The number of nitrogens with zero attached hydrogens (tertiary/aromatic N) is 1. The number of pyridine rings is 1. The van der Waals surface area contributed by atoms with Gasteiger partial charge in [-0.15, -0.1) is 11.8 Å². The fourth-order valence-corrected chi connectivity index (χ4v) is 3.94. The fraction of sp³-hybridized carbons (Fsp3) is 0.238. The number of aromatic nitrogens is 1. The van der Waals surface area contributed by atoms with Gasteiger partial charge in [0.15, 0.2) is 6.29 Å². The lowest BCUT2D eigenvalue weighted by molar-refractivity contribution is 0.0529. The van der Waals surface area contributed by atoms with Crippen molar-refractivity contribution in [3.05, 3.63) is 59.4 Å². The SMILES string of the molecule is CCOC(=O)c1c(-c2cc(C)ccc2SCC)c(C=O)n2ccccc12. The molecule has 0 saturated heterocycles. The molecule has 0 N–H and O–H groups in total. The van der Waals surface area contributed by atoms with Crippen LogP contribution in [0.15, 0.2) is 47.5 Å². The third-order valence-electron chi connectivity index (χ3n) is 4.18. The van der Waals surface area contributed by atoms with Gasteiger partial charge >= 0.3 is 5.97 Å². The van der Waals surface area contributed by atoms with Gasteiger partial charge in [0.1, 0.15) is 0 Å². The molecule has 0 saturated carbocycles. The van der Waals surface area contributed by atoms with Crippen LogP contribution >= 0.6 is 11.8 Å². The molecule has 3 rings (SSSR count). The number of carbonyl (C=O) groups excluding carboxylic acids is 2.